The number of aliphatic hydroxyl groups is 1. The fourth-order valence-electron chi connectivity index (χ4n) is 3.73. The van der Waals surface area contributed by atoms with Gasteiger partial charge in [-0.15, -0.1) is 0 Å². The number of carbonyl (C=O) groups is 1. The van der Waals surface area contributed by atoms with E-state index in [2.05, 4.69) is 0 Å². The molecule has 0 radical (unpaired) electrons. The van der Waals surface area contributed by atoms with E-state index >= 15 is 4.39 Å². The van der Waals surface area contributed by atoms with Crippen LogP contribution in [0.1, 0.15) is 42.6 Å². The van der Waals surface area contributed by atoms with Gasteiger partial charge in [0, 0.05) is 18.8 Å². The Hall–Kier alpha value is -2.48. The first-order valence-electron chi connectivity index (χ1n) is 8.56. The molecule has 2 fully saturated rings. The zero-order valence-corrected chi connectivity index (χ0v) is 14.1. The van der Waals surface area contributed by atoms with Crippen LogP contribution >= 0.6 is 0 Å². The van der Waals surface area contributed by atoms with Crippen molar-refractivity contribution in [1.29, 1.82) is 0 Å². The summed E-state index contributed by atoms with van der Waals surface area (Å²) in [6, 6.07) is 0.347. The molecule has 0 spiro atoms. The summed E-state index contributed by atoms with van der Waals surface area (Å²) in [7, 11) is 0. The second-order valence-corrected chi connectivity index (χ2v) is 7.02. The quantitative estimate of drug-likeness (QED) is 0.873. The number of carboxylic acid groups (broad SMARTS) is 1. The average Bonchev–Trinajstić information content (AvgIpc) is 3.37. The van der Waals surface area contributed by atoms with Gasteiger partial charge in [0.1, 0.15) is 17.1 Å². The number of nitrogens with zero attached hydrogens (tertiary/aromatic N) is 2. The molecule has 2 N–H and O–H groups in total. The molecule has 2 unspecified atom stereocenters. The molecule has 0 bridgehead atoms. The zero-order valence-electron chi connectivity index (χ0n) is 14.1. The Morgan fingerprint density at radius 1 is 1.27 bits per heavy atom. The first-order valence-corrected chi connectivity index (χ1v) is 8.56. The molecule has 4 rings (SSSR count). The molecular weight excluding hydrogens is 346 g/mol. The van der Waals surface area contributed by atoms with Gasteiger partial charge in [0.2, 0.25) is 5.43 Å². The number of fused-ring (bicyclic) bond motifs is 1. The molecule has 2 heterocycles. The van der Waals surface area contributed by atoms with E-state index in [-0.39, 0.29) is 22.6 Å². The monoisotopic (exact) mass is 364 g/mol. The summed E-state index contributed by atoms with van der Waals surface area (Å²) in [6.45, 7) is 1.98. The number of carboxylic acids is 1. The van der Waals surface area contributed by atoms with Gasteiger partial charge in [-0.3, -0.25) is 4.79 Å². The summed E-state index contributed by atoms with van der Waals surface area (Å²) in [5.41, 5.74) is -1.75. The highest BCUT2D eigenvalue weighted by atomic mass is 19.1. The molecule has 138 valence electrons. The van der Waals surface area contributed by atoms with E-state index < -0.39 is 40.7 Å². The van der Waals surface area contributed by atoms with E-state index in [1.165, 1.54) is 9.47 Å². The Bertz CT molecular complexity index is 984. The van der Waals surface area contributed by atoms with Crippen molar-refractivity contribution in [3.63, 3.8) is 0 Å². The van der Waals surface area contributed by atoms with Gasteiger partial charge >= 0.3 is 5.97 Å². The number of aromatic carboxylic acids is 1. The van der Waals surface area contributed by atoms with E-state index in [0.29, 0.717) is 13.0 Å². The standard InChI is InChI=1S/C18H18F2N2O4/c1-8-13(23)4-5-21(8)16-12(19)6-10-15(14(16)20)22(9-2-3-9)7-11(17(10)24)18(25)26/h6-9,13,23H,2-5H2,1H3,(H,25,26). The van der Waals surface area contributed by atoms with E-state index in [1.807, 2.05) is 0 Å². The van der Waals surface area contributed by atoms with Crippen LogP contribution in [0.5, 0.6) is 0 Å². The van der Waals surface area contributed by atoms with Crippen LogP contribution in [0.3, 0.4) is 0 Å². The summed E-state index contributed by atoms with van der Waals surface area (Å²) in [4.78, 5) is 25.2. The molecule has 1 saturated heterocycles. The van der Waals surface area contributed by atoms with Crippen LogP contribution in [0.15, 0.2) is 17.1 Å². The maximum absolute atomic E-state index is 15.4. The highest BCUT2D eigenvalue weighted by Gasteiger charge is 2.35. The fourth-order valence-corrected chi connectivity index (χ4v) is 3.73. The van der Waals surface area contributed by atoms with Crippen molar-refractivity contribution in [1.82, 2.24) is 4.57 Å². The number of hydrogen-bond acceptors (Lipinski definition) is 4. The number of anilines is 1. The lowest BCUT2D eigenvalue weighted by atomic mass is 10.1. The highest BCUT2D eigenvalue weighted by Crippen LogP contribution is 2.40. The predicted octanol–water partition coefficient (Wildman–Crippen LogP) is 2.27. The molecule has 8 heteroatoms. The summed E-state index contributed by atoms with van der Waals surface area (Å²) in [5, 5.41) is 18.9. The molecule has 6 nitrogen and oxygen atoms in total. The Labute approximate surface area is 147 Å². The van der Waals surface area contributed by atoms with Gasteiger partial charge in [0.15, 0.2) is 5.82 Å². The summed E-state index contributed by atoms with van der Waals surface area (Å²) in [5.74, 6) is -3.24. The van der Waals surface area contributed by atoms with Crippen LogP contribution in [0.2, 0.25) is 0 Å². The van der Waals surface area contributed by atoms with Gasteiger partial charge in [0.05, 0.1) is 23.0 Å². The van der Waals surface area contributed by atoms with Crippen molar-refractivity contribution < 1.29 is 23.8 Å². The third kappa shape index (κ3) is 2.39. The number of rotatable bonds is 3. The SMILES string of the molecule is CC1C(O)CCN1c1c(F)cc2c(=O)c(C(=O)O)cn(C3CC3)c2c1F. The lowest BCUT2D eigenvalue weighted by Gasteiger charge is -2.27. The summed E-state index contributed by atoms with van der Waals surface area (Å²) < 4.78 is 31.5. The highest BCUT2D eigenvalue weighted by molar-refractivity contribution is 5.94. The minimum atomic E-state index is -1.42. The lowest BCUT2D eigenvalue weighted by Crippen LogP contribution is -2.34. The van der Waals surface area contributed by atoms with Crippen molar-refractivity contribution in [2.45, 2.75) is 44.4 Å². The van der Waals surface area contributed by atoms with Crippen LogP contribution in [-0.2, 0) is 0 Å². The topological polar surface area (TPSA) is 82.8 Å². The van der Waals surface area contributed by atoms with Gasteiger partial charge in [-0.2, -0.15) is 0 Å². The van der Waals surface area contributed by atoms with Gasteiger partial charge < -0.3 is 19.7 Å². The van der Waals surface area contributed by atoms with Crippen molar-refractivity contribution in [2.75, 3.05) is 11.4 Å². The molecule has 26 heavy (non-hydrogen) atoms. The predicted molar refractivity (Wildman–Crippen MR) is 90.8 cm³/mol. The number of benzene rings is 1. The lowest BCUT2D eigenvalue weighted by molar-refractivity contribution is 0.0694. The maximum Gasteiger partial charge on any atom is 0.341 e. The molecule has 2 aromatic rings. The molecule has 0 amide bonds. The van der Waals surface area contributed by atoms with Crippen molar-refractivity contribution in [2.24, 2.45) is 0 Å². The van der Waals surface area contributed by atoms with Crippen LogP contribution in [0, 0.1) is 11.6 Å². The molecule has 1 aromatic heterocycles. The maximum atomic E-state index is 15.4. The second kappa shape index (κ2) is 5.77. The second-order valence-electron chi connectivity index (χ2n) is 7.02. The zero-order chi connectivity index (χ0) is 18.7. The smallest absolute Gasteiger partial charge is 0.341 e. The third-order valence-electron chi connectivity index (χ3n) is 5.36. The normalized spacial score (nSPS) is 23.0. The molecule has 1 saturated carbocycles. The summed E-state index contributed by atoms with van der Waals surface area (Å²) >= 11 is 0. The number of aromatic nitrogens is 1. The Morgan fingerprint density at radius 3 is 2.50 bits per heavy atom. The first-order chi connectivity index (χ1) is 12.3. The first kappa shape index (κ1) is 17.0. The van der Waals surface area contributed by atoms with E-state index in [0.717, 1.165) is 25.1 Å². The van der Waals surface area contributed by atoms with Crippen molar-refractivity contribution in [3.8, 4) is 0 Å². The Morgan fingerprint density at radius 2 is 1.96 bits per heavy atom. The summed E-state index contributed by atoms with van der Waals surface area (Å²) in [6.07, 6.45) is 2.33. The fraction of sp³-hybridized carbons (Fsp3) is 0.444. The molecule has 2 aliphatic rings. The minimum absolute atomic E-state index is 0.0764. The number of aliphatic hydroxyl groups excluding tert-OH is 1. The minimum Gasteiger partial charge on any atom is -0.477 e. The van der Waals surface area contributed by atoms with Gasteiger partial charge in [-0.05, 0) is 32.3 Å². The molecule has 1 aliphatic heterocycles. The number of pyridine rings is 1. The van der Waals surface area contributed by atoms with Gasteiger partial charge in [0.25, 0.3) is 0 Å². The molecule has 1 aliphatic carbocycles. The van der Waals surface area contributed by atoms with Crippen LogP contribution in [0.25, 0.3) is 10.9 Å². The Kier molecular flexibility index (Phi) is 3.76. The van der Waals surface area contributed by atoms with E-state index in [9.17, 15) is 24.2 Å². The largest absolute Gasteiger partial charge is 0.477 e. The van der Waals surface area contributed by atoms with Gasteiger partial charge in [-0.25, -0.2) is 13.6 Å². The number of hydrogen-bond donors (Lipinski definition) is 2. The molecular formula is C18H18F2N2O4. The van der Waals surface area contributed by atoms with E-state index in [1.54, 1.807) is 6.92 Å². The van der Waals surface area contributed by atoms with Crippen LogP contribution in [-0.4, -0.2) is 39.4 Å². The van der Waals surface area contributed by atoms with E-state index in [4.69, 9.17) is 0 Å². The van der Waals surface area contributed by atoms with Gasteiger partial charge in [-0.1, -0.05) is 0 Å². The Balaban J connectivity index is 2.03. The molecule has 1 aromatic carbocycles. The van der Waals surface area contributed by atoms with Crippen molar-refractivity contribution >= 4 is 22.6 Å². The van der Waals surface area contributed by atoms with Crippen LogP contribution in [0.4, 0.5) is 14.5 Å². The third-order valence-corrected chi connectivity index (χ3v) is 5.36. The number of halogens is 2. The molecule has 2 atom stereocenters. The average molecular weight is 364 g/mol. The van der Waals surface area contributed by atoms with Crippen LogP contribution < -0.4 is 10.3 Å². The van der Waals surface area contributed by atoms with Crippen molar-refractivity contribution in [3.05, 3.63) is 39.7 Å².